The van der Waals surface area contributed by atoms with Gasteiger partial charge in [-0.3, -0.25) is 4.84 Å². The Morgan fingerprint density at radius 3 is 2.71 bits per heavy atom. The Labute approximate surface area is 179 Å². The number of fused-ring (bicyclic) bond motifs is 2. The SMILES string of the molecule is COc1cc(C2=CC3ON(c4ccc(C)nn4)C2C2OC(C)(C)OC32)cc2c1OCO2. The maximum absolute atomic E-state index is 6.34. The predicted molar refractivity (Wildman–Crippen MR) is 109 cm³/mol. The Morgan fingerprint density at radius 2 is 1.94 bits per heavy atom. The molecule has 31 heavy (non-hydrogen) atoms. The molecule has 2 fully saturated rings. The Morgan fingerprint density at radius 1 is 1.10 bits per heavy atom. The Hall–Kier alpha value is -2.88. The van der Waals surface area contributed by atoms with Crippen LogP contribution in [-0.2, 0) is 14.3 Å². The van der Waals surface area contributed by atoms with Gasteiger partial charge in [0.15, 0.2) is 23.1 Å². The van der Waals surface area contributed by atoms with E-state index in [-0.39, 0.29) is 31.1 Å². The first-order valence-electron chi connectivity index (χ1n) is 10.3. The van der Waals surface area contributed by atoms with Gasteiger partial charge in [-0.2, -0.15) is 5.10 Å². The fourth-order valence-electron chi connectivity index (χ4n) is 4.68. The van der Waals surface area contributed by atoms with Crippen molar-refractivity contribution in [3.63, 3.8) is 0 Å². The van der Waals surface area contributed by atoms with Gasteiger partial charge in [0.2, 0.25) is 12.5 Å². The smallest absolute Gasteiger partial charge is 0.231 e. The second-order valence-corrected chi connectivity index (χ2v) is 8.47. The average molecular weight is 425 g/mol. The molecular formula is C22H23N3O6. The highest BCUT2D eigenvalue weighted by Crippen LogP contribution is 2.50. The molecule has 9 nitrogen and oxygen atoms in total. The van der Waals surface area contributed by atoms with Gasteiger partial charge in [-0.05, 0) is 62.2 Å². The summed E-state index contributed by atoms with van der Waals surface area (Å²) in [5.74, 6) is 1.80. The molecular weight excluding hydrogens is 402 g/mol. The van der Waals surface area contributed by atoms with Gasteiger partial charge in [0.1, 0.15) is 24.4 Å². The van der Waals surface area contributed by atoms with Gasteiger partial charge in [-0.25, -0.2) is 5.06 Å². The summed E-state index contributed by atoms with van der Waals surface area (Å²) in [6, 6.07) is 7.44. The summed E-state index contributed by atoms with van der Waals surface area (Å²) in [7, 11) is 1.62. The number of aromatic nitrogens is 2. The zero-order chi connectivity index (χ0) is 21.3. The zero-order valence-electron chi connectivity index (χ0n) is 17.7. The largest absolute Gasteiger partial charge is 0.493 e. The summed E-state index contributed by atoms with van der Waals surface area (Å²) in [5.41, 5.74) is 2.80. The predicted octanol–water partition coefficient (Wildman–Crippen LogP) is 2.63. The molecule has 0 amide bonds. The molecule has 9 heteroatoms. The molecule has 2 aromatic rings. The van der Waals surface area contributed by atoms with E-state index in [1.54, 1.807) is 12.2 Å². The van der Waals surface area contributed by atoms with Crippen molar-refractivity contribution in [1.29, 1.82) is 0 Å². The summed E-state index contributed by atoms with van der Waals surface area (Å²) in [4.78, 5) is 6.28. The molecule has 162 valence electrons. The molecule has 4 unspecified atom stereocenters. The Balaban J connectivity index is 1.47. The van der Waals surface area contributed by atoms with Gasteiger partial charge in [-0.15, -0.1) is 5.10 Å². The van der Waals surface area contributed by atoms with Gasteiger partial charge in [0, 0.05) is 0 Å². The van der Waals surface area contributed by atoms with Crippen molar-refractivity contribution in [1.82, 2.24) is 10.2 Å². The van der Waals surface area contributed by atoms with Gasteiger partial charge in [0.05, 0.1) is 12.8 Å². The van der Waals surface area contributed by atoms with Crippen LogP contribution in [0.25, 0.3) is 5.57 Å². The normalized spacial score (nSPS) is 29.7. The minimum absolute atomic E-state index is 0.171. The Kier molecular flexibility index (Phi) is 3.99. The molecule has 0 N–H and O–H groups in total. The molecule has 0 radical (unpaired) electrons. The van der Waals surface area contributed by atoms with Crippen molar-refractivity contribution >= 4 is 11.4 Å². The van der Waals surface area contributed by atoms with E-state index in [1.807, 2.05) is 45.0 Å². The highest BCUT2D eigenvalue weighted by Gasteiger charge is 2.58. The molecule has 0 spiro atoms. The van der Waals surface area contributed by atoms with E-state index in [0.717, 1.165) is 16.8 Å². The van der Waals surface area contributed by atoms with Gasteiger partial charge in [0.25, 0.3) is 0 Å². The molecule has 1 aliphatic carbocycles. The second kappa shape index (κ2) is 6.56. The van der Waals surface area contributed by atoms with E-state index in [1.165, 1.54) is 0 Å². The summed E-state index contributed by atoms with van der Waals surface area (Å²) in [5, 5.41) is 10.3. The molecule has 7 rings (SSSR count). The minimum atomic E-state index is -0.708. The lowest BCUT2D eigenvalue weighted by atomic mass is 9.82. The third-order valence-corrected chi connectivity index (χ3v) is 5.95. The summed E-state index contributed by atoms with van der Waals surface area (Å²) >= 11 is 0. The van der Waals surface area contributed by atoms with Crippen molar-refractivity contribution in [3.05, 3.63) is 41.6 Å². The first-order chi connectivity index (χ1) is 14.9. The highest BCUT2D eigenvalue weighted by atomic mass is 16.8. The van der Waals surface area contributed by atoms with Crippen LogP contribution in [0.3, 0.4) is 0 Å². The number of methoxy groups -OCH3 is 1. The topological polar surface area (TPSA) is 84.4 Å². The van der Waals surface area contributed by atoms with Gasteiger partial charge < -0.3 is 23.7 Å². The molecule has 4 atom stereocenters. The number of nitrogens with zero attached hydrogens (tertiary/aromatic N) is 3. The molecule has 4 aliphatic heterocycles. The fraction of sp³-hybridized carbons (Fsp3) is 0.455. The number of anilines is 1. The first kappa shape index (κ1) is 18.9. The summed E-state index contributed by atoms with van der Waals surface area (Å²) in [6.45, 7) is 5.91. The van der Waals surface area contributed by atoms with Crippen molar-refractivity contribution in [2.45, 2.75) is 50.9 Å². The van der Waals surface area contributed by atoms with Crippen LogP contribution in [0.5, 0.6) is 17.2 Å². The molecule has 2 saturated heterocycles. The van der Waals surface area contributed by atoms with Crippen LogP contribution in [0.4, 0.5) is 5.82 Å². The first-order valence-corrected chi connectivity index (χ1v) is 10.3. The molecule has 1 aromatic carbocycles. The third kappa shape index (κ3) is 2.88. The highest BCUT2D eigenvalue weighted by molar-refractivity contribution is 5.79. The number of ether oxygens (including phenoxy) is 5. The van der Waals surface area contributed by atoms with Crippen molar-refractivity contribution in [2.75, 3.05) is 19.0 Å². The molecule has 0 saturated carbocycles. The number of hydrogen-bond acceptors (Lipinski definition) is 9. The van der Waals surface area contributed by atoms with Crippen LogP contribution in [0, 0.1) is 6.92 Å². The van der Waals surface area contributed by atoms with Crippen LogP contribution in [0.2, 0.25) is 0 Å². The van der Waals surface area contributed by atoms with Crippen LogP contribution < -0.4 is 19.3 Å². The molecule has 5 heterocycles. The standard InChI is InChI=1S/C22H23N3O6/c1-11-5-6-17(24-23-11)25-18-13(9-16(31-25)20-21(18)30-22(2,3)29-20)12-7-14(26-4)19-15(8-12)27-10-28-19/h5-9,16,18,20-21H,10H2,1-4H3. The van der Waals surface area contributed by atoms with E-state index in [0.29, 0.717) is 23.1 Å². The molecule has 2 bridgehead atoms. The number of rotatable bonds is 3. The number of benzene rings is 1. The van der Waals surface area contributed by atoms with Crippen LogP contribution in [0.15, 0.2) is 30.3 Å². The Bertz CT molecular complexity index is 1070. The van der Waals surface area contributed by atoms with Crippen LogP contribution >= 0.6 is 0 Å². The fourth-order valence-corrected chi connectivity index (χ4v) is 4.68. The zero-order valence-corrected chi connectivity index (χ0v) is 17.7. The second-order valence-electron chi connectivity index (χ2n) is 8.47. The molecule has 1 aromatic heterocycles. The molecule has 5 aliphatic rings. The van der Waals surface area contributed by atoms with Crippen molar-refractivity contribution in [3.8, 4) is 17.2 Å². The lowest BCUT2D eigenvalue weighted by molar-refractivity contribution is -0.150. The van der Waals surface area contributed by atoms with E-state index in [4.69, 9.17) is 28.5 Å². The van der Waals surface area contributed by atoms with E-state index in [2.05, 4.69) is 16.3 Å². The third-order valence-electron chi connectivity index (χ3n) is 5.95. The number of aryl methyl sites for hydroxylation is 1. The van der Waals surface area contributed by atoms with Crippen LogP contribution in [-0.4, -0.2) is 54.2 Å². The lowest BCUT2D eigenvalue weighted by Crippen LogP contribution is -2.62. The van der Waals surface area contributed by atoms with Crippen LogP contribution in [0.1, 0.15) is 25.1 Å². The van der Waals surface area contributed by atoms with E-state index >= 15 is 0 Å². The van der Waals surface area contributed by atoms with E-state index < -0.39 is 5.79 Å². The van der Waals surface area contributed by atoms with Crippen molar-refractivity contribution in [2.24, 2.45) is 0 Å². The average Bonchev–Trinajstić information content (AvgIpc) is 3.36. The maximum atomic E-state index is 6.34. The monoisotopic (exact) mass is 425 g/mol. The van der Waals surface area contributed by atoms with Gasteiger partial charge in [-0.1, -0.05) is 0 Å². The quantitative estimate of drug-likeness (QED) is 0.737. The van der Waals surface area contributed by atoms with Gasteiger partial charge >= 0.3 is 0 Å². The number of hydrogen-bond donors (Lipinski definition) is 0. The van der Waals surface area contributed by atoms with E-state index in [9.17, 15) is 0 Å². The lowest BCUT2D eigenvalue weighted by Gasteiger charge is -2.48. The summed E-state index contributed by atoms with van der Waals surface area (Å²) < 4.78 is 29.3. The summed E-state index contributed by atoms with van der Waals surface area (Å²) in [6.07, 6.45) is 1.29. The minimum Gasteiger partial charge on any atom is -0.493 e. The maximum Gasteiger partial charge on any atom is 0.231 e. The number of hydroxylamine groups is 1. The van der Waals surface area contributed by atoms with Crippen molar-refractivity contribution < 1.29 is 28.5 Å².